The predicted octanol–water partition coefficient (Wildman–Crippen LogP) is 18.5. The van der Waals surface area contributed by atoms with Gasteiger partial charge in [-0.2, -0.15) is 0 Å². The Bertz CT molecular complexity index is 2980. The van der Waals surface area contributed by atoms with E-state index in [1.807, 2.05) is 245 Å². The van der Waals surface area contributed by atoms with Crippen LogP contribution in [0.3, 0.4) is 0 Å². The van der Waals surface area contributed by atoms with E-state index in [4.69, 9.17) is 71.1 Å². The van der Waals surface area contributed by atoms with Gasteiger partial charge in [0, 0.05) is 0 Å². The number of epoxide rings is 8. The summed E-state index contributed by atoms with van der Waals surface area (Å²) in [5.74, 6) is 8.24. The Kier molecular flexibility index (Phi) is 44.8. The van der Waals surface area contributed by atoms with Gasteiger partial charge in [0.25, 0.3) is 0 Å². The summed E-state index contributed by atoms with van der Waals surface area (Å²) in [6.45, 7) is 39.1. The van der Waals surface area contributed by atoms with Crippen molar-refractivity contribution in [3.8, 4) is 40.2 Å². The number of ether oxygens (including phenoxy) is 15. The monoisotopic (exact) mass is 1450 g/mol. The zero-order chi connectivity index (χ0) is 75.5. The van der Waals surface area contributed by atoms with E-state index in [-0.39, 0.29) is 6.10 Å². The third kappa shape index (κ3) is 48.7. The smallest absolute Gasteiger partial charge is 0.122 e. The zero-order valence-electron chi connectivity index (χ0n) is 64.8. The molecule has 9 unspecified atom stereocenters. The van der Waals surface area contributed by atoms with Gasteiger partial charge in [-0.05, 0) is 122 Å². The van der Waals surface area contributed by atoms with Crippen LogP contribution in [0.2, 0.25) is 0 Å². The molecule has 16 rings (SSSR count). The molecule has 0 amide bonds. The largest absolute Gasteiger partial charge is 0.491 e. The highest BCUT2D eigenvalue weighted by Crippen LogP contribution is 2.27. The maximum atomic E-state index is 9.54. The van der Waals surface area contributed by atoms with Gasteiger partial charge in [-0.25, -0.2) is 0 Å². The summed E-state index contributed by atoms with van der Waals surface area (Å²) < 4.78 is 78.4. The number of benzene rings is 8. The minimum Gasteiger partial charge on any atom is -0.491 e. The maximum absolute atomic E-state index is 9.54. The van der Waals surface area contributed by atoms with Crippen LogP contribution in [-0.4, -0.2) is 153 Å². The molecule has 0 spiro atoms. The van der Waals surface area contributed by atoms with Gasteiger partial charge in [-0.3, -0.25) is 0 Å². The Morgan fingerprint density at radius 1 is 0.276 bits per heavy atom. The molecule has 574 valence electrons. The maximum Gasteiger partial charge on any atom is 0.122 e. The van der Waals surface area contributed by atoms with Gasteiger partial charge in [-0.1, -0.05) is 240 Å². The molecule has 8 saturated heterocycles. The molecule has 16 nitrogen and oxygen atoms in total. The van der Waals surface area contributed by atoms with Crippen molar-refractivity contribution in [1.82, 2.24) is 0 Å². The minimum absolute atomic E-state index is 0.0393. The molecule has 105 heavy (non-hydrogen) atoms. The second-order valence-corrected chi connectivity index (χ2v) is 27.0. The number of aryl methyl sites for hydroxylation is 3. The van der Waals surface area contributed by atoms with E-state index < -0.39 is 6.10 Å². The van der Waals surface area contributed by atoms with Crippen LogP contribution in [0, 0.1) is 32.6 Å². The first kappa shape index (κ1) is 87.6. The number of aliphatic hydroxyl groups excluding tert-OH is 1. The molecule has 8 aromatic rings. The second kappa shape index (κ2) is 53.7. The molecular weight excluding hydrogens is 1320 g/mol. The average molecular weight is 1450 g/mol. The summed E-state index contributed by atoms with van der Waals surface area (Å²) >= 11 is 0. The molecule has 8 heterocycles. The van der Waals surface area contributed by atoms with Gasteiger partial charge in [0.1, 0.15) is 141 Å². The molecule has 0 aromatic heterocycles. The van der Waals surface area contributed by atoms with Crippen LogP contribution in [0.15, 0.2) is 224 Å². The number of hydrogen-bond acceptors (Lipinski definition) is 16. The van der Waals surface area contributed by atoms with E-state index in [0.717, 1.165) is 104 Å². The average Bonchev–Trinajstić information content (AvgIpc) is 1.71. The molecule has 9 atom stereocenters. The van der Waals surface area contributed by atoms with E-state index >= 15 is 0 Å². The van der Waals surface area contributed by atoms with Crippen LogP contribution in [-0.2, 0) is 37.9 Å². The SMILES string of the molecule is CC(C)C.CC(C)C.CCC.CCC.Cc1ccccc1OCC1CO1.Cc1ccccc1OCC1CO1.Cc1ccccc1OCC1CO1.OC(c1ccccc1)C1CO1.c1ccc(OCC2CO2)cc1.c1ccc(OCC2CO2)cc1.c1ccc(OCC2CO2)cc1.c1ccc(OCC2CO2)cc1. The van der Waals surface area contributed by atoms with Gasteiger partial charge in [0.05, 0.1) is 52.9 Å². The Morgan fingerprint density at radius 2 is 0.448 bits per heavy atom. The lowest BCUT2D eigenvalue weighted by Gasteiger charge is -2.06. The van der Waals surface area contributed by atoms with Gasteiger partial charge in [0.15, 0.2) is 0 Å². The highest BCUT2D eigenvalue weighted by molar-refractivity contribution is 5.34. The minimum atomic E-state index is -0.434. The standard InChI is InChI=1S/3C10H12O2.5C9H10O2.2C4H10.2C3H8/c3*1-8-4-2-3-5-10(8)12-7-9-6-11-9;4*1-2-4-8(5-3-1)10-6-9-7-11-9;10-9(8-6-11-8)7-4-2-1-3-5-7;2*1-4(2)3;2*1-3-2/h3*2-5,9H,6-7H2,1H3;4*1-5,9H,6-7H2;1-5,8-10H,6H2;2*4H,1-3H3;2*3H2,1-2H3. The topological polar surface area (TPSA) is 185 Å². The molecule has 16 heteroatoms. The van der Waals surface area contributed by atoms with Gasteiger partial charge in [-0.15, -0.1) is 0 Å². The highest BCUT2D eigenvalue weighted by Gasteiger charge is 2.32. The van der Waals surface area contributed by atoms with Crippen molar-refractivity contribution < 1.29 is 76.2 Å². The Hall–Kier alpha value is -8.00. The van der Waals surface area contributed by atoms with Crippen LogP contribution < -0.4 is 33.2 Å². The van der Waals surface area contributed by atoms with Crippen molar-refractivity contribution in [3.63, 3.8) is 0 Å². The van der Waals surface area contributed by atoms with Crippen LogP contribution >= 0.6 is 0 Å². The lowest BCUT2D eigenvalue weighted by atomic mass is 10.1. The molecule has 8 fully saturated rings. The van der Waals surface area contributed by atoms with Crippen LogP contribution in [0.5, 0.6) is 40.2 Å². The summed E-state index contributed by atoms with van der Waals surface area (Å²) in [5, 5.41) is 9.54. The van der Waals surface area contributed by atoms with Crippen molar-refractivity contribution in [2.45, 2.75) is 158 Å². The third-order valence-corrected chi connectivity index (χ3v) is 13.9. The summed E-state index contributed by atoms with van der Waals surface area (Å²) in [4.78, 5) is 0. The number of rotatable bonds is 23. The molecule has 8 aliphatic rings. The first-order valence-corrected chi connectivity index (χ1v) is 37.5. The van der Waals surface area contributed by atoms with Crippen LogP contribution in [0.1, 0.15) is 110 Å². The number of para-hydroxylation sites is 7. The molecule has 8 aromatic carbocycles. The lowest BCUT2D eigenvalue weighted by molar-refractivity contribution is 0.137. The molecule has 0 radical (unpaired) electrons. The molecule has 0 saturated carbocycles. The summed E-state index contributed by atoms with van der Waals surface area (Å²) in [5.41, 5.74) is 4.48. The van der Waals surface area contributed by atoms with Gasteiger partial charge in [0.2, 0.25) is 0 Å². The van der Waals surface area contributed by atoms with Crippen molar-refractivity contribution in [2.75, 3.05) is 99.1 Å². The van der Waals surface area contributed by atoms with Crippen molar-refractivity contribution in [3.05, 3.63) is 247 Å². The number of aliphatic hydroxyl groups is 1. The molecule has 8 aliphatic heterocycles. The first-order valence-electron chi connectivity index (χ1n) is 37.5. The summed E-state index contributed by atoms with van der Waals surface area (Å²) in [7, 11) is 0. The van der Waals surface area contributed by atoms with E-state index in [2.05, 4.69) is 69.2 Å². The van der Waals surface area contributed by atoms with Crippen molar-refractivity contribution in [1.29, 1.82) is 0 Å². The first-order chi connectivity index (χ1) is 51.0. The Labute approximate surface area is 628 Å². The molecule has 0 bridgehead atoms. The number of hydrogen-bond donors (Lipinski definition) is 1. The predicted molar refractivity (Wildman–Crippen MR) is 420 cm³/mol. The normalized spacial score (nSPS) is 19.6. The quantitative estimate of drug-likeness (QED) is 0.0596. The third-order valence-electron chi connectivity index (χ3n) is 13.9. The summed E-state index contributed by atoms with van der Waals surface area (Å²) in [6.07, 6.45) is 4.49. The second-order valence-electron chi connectivity index (χ2n) is 27.0. The van der Waals surface area contributed by atoms with Crippen LogP contribution in [0.25, 0.3) is 0 Å². The zero-order valence-corrected chi connectivity index (χ0v) is 64.8. The van der Waals surface area contributed by atoms with Gasteiger partial charge < -0.3 is 76.2 Å². The molecular formula is C89H122O16. The van der Waals surface area contributed by atoms with E-state index in [0.29, 0.717) is 95.6 Å². The lowest BCUT2D eigenvalue weighted by Crippen LogP contribution is -2.04. The Balaban J connectivity index is 0.000000210. The molecule has 0 aliphatic carbocycles. The van der Waals surface area contributed by atoms with E-state index in [1.54, 1.807) is 0 Å². The fourth-order valence-corrected chi connectivity index (χ4v) is 7.78. The van der Waals surface area contributed by atoms with E-state index in [1.165, 1.54) is 29.5 Å². The summed E-state index contributed by atoms with van der Waals surface area (Å²) in [6, 6.07) is 72.8. The fourth-order valence-electron chi connectivity index (χ4n) is 7.78. The van der Waals surface area contributed by atoms with E-state index in [9.17, 15) is 5.11 Å². The van der Waals surface area contributed by atoms with Crippen molar-refractivity contribution in [2.24, 2.45) is 11.8 Å². The Morgan fingerprint density at radius 3 is 0.629 bits per heavy atom. The fraction of sp³-hybridized carbons (Fsp3) is 0.461. The van der Waals surface area contributed by atoms with Crippen LogP contribution in [0.4, 0.5) is 0 Å². The van der Waals surface area contributed by atoms with Crippen molar-refractivity contribution >= 4 is 0 Å². The molecule has 1 N–H and O–H groups in total. The van der Waals surface area contributed by atoms with Gasteiger partial charge >= 0.3 is 0 Å². The highest BCUT2D eigenvalue weighted by atomic mass is 16.6.